The normalized spacial score (nSPS) is 11.9. The maximum Gasteiger partial charge on any atom is 0.503 e. The molecule has 0 spiro atoms. The Kier molecular flexibility index (Phi) is 22.5. The second-order valence-electron chi connectivity index (χ2n) is 7.37. The minimum atomic E-state index is -1.83. The Morgan fingerprint density at radius 2 is 0.960 bits per heavy atom. The van der Waals surface area contributed by atoms with Crippen molar-refractivity contribution in [2.45, 2.75) is 116 Å². The lowest BCUT2D eigenvalue weighted by Gasteiger charge is -2.24. The van der Waals surface area contributed by atoms with Crippen LogP contribution in [-0.2, 0) is 0 Å². The van der Waals surface area contributed by atoms with Gasteiger partial charge in [-0.05, 0) is 26.9 Å². The van der Waals surface area contributed by atoms with Crippen molar-refractivity contribution in [3.63, 3.8) is 0 Å². The first-order valence-electron chi connectivity index (χ1n) is 10.5. The number of unbranched alkanes of at least 4 members (excludes halogenated alkanes) is 11. The first-order chi connectivity index (χ1) is 12.0. The van der Waals surface area contributed by atoms with Crippen molar-refractivity contribution >= 4 is 6.16 Å². The first-order valence-corrected chi connectivity index (χ1v) is 10.5. The number of nitrogens with zero attached hydrogens (tertiary/aromatic N) is 1. The van der Waals surface area contributed by atoms with E-state index in [4.69, 9.17) is 15.0 Å². The van der Waals surface area contributed by atoms with Crippen molar-refractivity contribution in [3.8, 4) is 0 Å². The van der Waals surface area contributed by atoms with E-state index in [1.165, 1.54) is 96.3 Å². The molecule has 0 fully saturated rings. The van der Waals surface area contributed by atoms with Crippen LogP contribution in [0.2, 0.25) is 0 Å². The highest BCUT2D eigenvalue weighted by atomic mass is 16.6. The molecule has 0 aromatic heterocycles. The lowest BCUT2D eigenvalue weighted by molar-refractivity contribution is 0.137. The molecular formula is C21H45NO3. The van der Waals surface area contributed by atoms with Crippen LogP contribution in [0.25, 0.3) is 0 Å². The number of carbonyl (C=O) groups is 1. The zero-order valence-corrected chi connectivity index (χ0v) is 17.4. The predicted octanol–water partition coefficient (Wildman–Crippen LogP) is 7.03. The summed E-state index contributed by atoms with van der Waals surface area (Å²) in [6.07, 6.45) is 19.6. The number of rotatable bonds is 16. The maximum atomic E-state index is 8.56. The fourth-order valence-electron chi connectivity index (χ4n) is 3.16. The molecule has 0 saturated carbocycles. The Balaban J connectivity index is 0. The van der Waals surface area contributed by atoms with Crippen LogP contribution in [0.1, 0.15) is 110 Å². The standard InChI is InChI=1S/C20H43N.CH2O3/c1-5-7-9-11-12-13-15-17-19-20(21(3)4)18-16-14-10-8-6-2;2-1(3)4/h20H,5-19H2,1-4H3;(H2,2,3,4). The molecule has 0 radical (unpaired) electrons. The summed E-state index contributed by atoms with van der Waals surface area (Å²) in [6.45, 7) is 4.59. The molecule has 0 aromatic rings. The van der Waals surface area contributed by atoms with Gasteiger partial charge in [-0.1, -0.05) is 97.3 Å². The van der Waals surface area contributed by atoms with Gasteiger partial charge in [0.15, 0.2) is 0 Å². The summed E-state index contributed by atoms with van der Waals surface area (Å²) >= 11 is 0. The topological polar surface area (TPSA) is 60.8 Å². The molecule has 0 heterocycles. The summed E-state index contributed by atoms with van der Waals surface area (Å²) in [5.41, 5.74) is 0. The third-order valence-electron chi connectivity index (χ3n) is 4.76. The number of carboxylic acid groups (broad SMARTS) is 2. The SMILES string of the molecule is CCCCCCCCCCC(CCCCCCC)N(C)C.O=C(O)O. The Labute approximate surface area is 157 Å². The second-order valence-corrected chi connectivity index (χ2v) is 7.37. The van der Waals surface area contributed by atoms with Crippen LogP contribution in [-0.4, -0.2) is 41.4 Å². The third kappa shape index (κ3) is 25.6. The predicted molar refractivity (Wildman–Crippen MR) is 109 cm³/mol. The molecule has 1 unspecified atom stereocenters. The van der Waals surface area contributed by atoms with E-state index in [-0.39, 0.29) is 0 Å². The van der Waals surface area contributed by atoms with Gasteiger partial charge < -0.3 is 15.1 Å². The molecule has 0 aliphatic heterocycles. The highest BCUT2D eigenvalue weighted by Gasteiger charge is 2.10. The molecule has 0 aliphatic carbocycles. The van der Waals surface area contributed by atoms with Crippen LogP contribution in [0, 0.1) is 0 Å². The molecule has 152 valence electrons. The van der Waals surface area contributed by atoms with Crippen LogP contribution in [0.5, 0.6) is 0 Å². The van der Waals surface area contributed by atoms with E-state index in [1.807, 2.05) is 0 Å². The lowest BCUT2D eigenvalue weighted by Crippen LogP contribution is -2.27. The minimum absolute atomic E-state index is 0.826. The molecule has 0 aromatic carbocycles. The Morgan fingerprint density at radius 1 is 0.680 bits per heavy atom. The van der Waals surface area contributed by atoms with E-state index >= 15 is 0 Å². The van der Waals surface area contributed by atoms with Gasteiger partial charge in [0.1, 0.15) is 0 Å². The monoisotopic (exact) mass is 359 g/mol. The molecule has 0 saturated heterocycles. The lowest BCUT2D eigenvalue weighted by atomic mass is 9.99. The van der Waals surface area contributed by atoms with Crippen LogP contribution >= 0.6 is 0 Å². The molecule has 0 bridgehead atoms. The van der Waals surface area contributed by atoms with E-state index < -0.39 is 6.16 Å². The summed E-state index contributed by atoms with van der Waals surface area (Å²) in [4.78, 5) is 11.0. The van der Waals surface area contributed by atoms with Crippen molar-refractivity contribution in [3.05, 3.63) is 0 Å². The summed E-state index contributed by atoms with van der Waals surface area (Å²) in [5.74, 6) is 0. The number of hydrogen-bond acceptors (Lipinski definition) is 2. The summed E-state index contributed by atoms with van der Waals surface area (Å²) in [5, 5.41) is 13.9. The Morgan fingerprint density at radius 3 is 1.24 bits per heavy atom. The fourth-order valence-corrected chi connectivity index (χ4v) is 3.16. The molecule has 4 heteroatoms. The molecule has 0 rings (SSSR count). The van der Waals surface area contributed by atoms with Crippen molar-refractivity contribution in [1.29, 1.82) is 0 Å². The van der Waals surface area contributed by atoms with Crippen molar-refractivity contribution < 1.29 is 15.0 Å². The largest absolute Gasteiger partial charge is 0.503 e. The van der Waals surface area contributed by atoms with Crippen molar-refractivity contribution in [1.82, 2.24) is 4.90 Å². The van der Waals surface area contributed by atoms with Gasteiger partial charge in [0, 0.05) is 6.04 Å². The molecule has 25 heavy (non-hydrogen) atoms. The smallest absolute Gasteiger partial charge is 0.450 e. The zero-order valence-electron chi connectivity index (χ0n) is 17.4. The molecular weight excluding hydrogens is 314 g/mol. The van der Waals surface area contributed by atoms with Crippen LogP contribution < -0.4 is 0 Å². The number of hydrogen-bond donors (Lipinski definition) is 2. The van der Waals surface area contributed by atoms with E-state index in [0.717, 1.165) is 6.04 Å². The first kappa shape index (κ1) is 26.5. The van der Waals surface area contributed by atoms with E-state index in [0.29, 0.717) is 0 Å². The maximum absolute atomic E-state index is 8.56. The molecule has 4 nitrogen and oxygen atoms in total. The average molecular weight is 360 g/mol. The van der Waals surface area contributed by atoms with Gasteiger partial charge in [-0.15, -0.1) is 0 Å². The zero-order chi connectivity index (χ0) is 19.3. The molecule has 0 amide bonds. The third-order valence-corrected chi connectivity index (χ3v) is 4.76. The fraction of sp³-hybridized carbons (Fsp3) is 0.952. The van der Waals surface area contributed by atoms with Gasteiger partial charge in [0.25, 0.3) is 0 Å². The van der Waals surface area contributed by atoms with Gasteiger partial charge in [0.05, 0.1) is 0 Å². The molecule has 2 N–H and O–H groups in total. The van der Waals surface area contributed by atoms with Gasteiger partial charge in [-0.3, -0.25) is 0 Å². The van der Waals surface area contributed by atoms with E-state index in [1.54, 1.807) is 0 Å². The van der Waals surface area contributed by atoms with Crippen molar-refractivity contribution in [2.24, 2.45) is 0 Å². The quantitative estimate of drug-likeness (QED) is 0.290. The average Bonchev–Trinajstić information content (AvgIpc) is 2.54. The van der Waals surface area contributed by atoms with Gasteiger partial charge in [0.2, 0.25) is 0 Å². The summed E-state index contributed by atoms with van der Waals surface area (Å²) < 4.78 is 0. The Hall–Kier alpha value is -0.770. The minimum Gasteiger partial charge on any atom is -0.450 e. The van der Waals surface area contributed by atoms with Crippen LogP contribution in [0.4, 0.5) is 4.79 Å². The Bertz CT molecular complexity index is 266. The van der Waals surface area contributed by atoms with Crippen molar-refractivity contribution in [2.75, 3.05) is 14.1 Å². The summed E-state index contributed by atoms with van der Waals surface area (Å²) in [7, 11) is 4.53. The van der Waals surface area contributed by atoms with E-state index in [2.05, 4.69) is 32.8 Å². The van der Waals surface area contributed by atoms with Gasteiger partial charge in [-0.2, -0.15) is 0 Å². The summed E-state index contributed by atoms with van der Waals surface area (Å²) in [6, 6.07) is 0.826. The van der Waals surface area contributed by atoms with Crippen LogP contribution in [0.15, 0.2) is 0 Å². The molecule has 1 atom stereocenters. The van der Waals surface area contributed by atoms with Gasteiger partial charge >= 0.3 is 6.16 Å². The highest BCUT2D eigenvalue weighted by Crippen LogP contribution is 2.17. The van der Waals surface area contributed by atoms with Gasteiger partial charge in [-0.25, -0.2) is 4.79 Å². The van der Waals surface area contributed by atoms with E-state index in [9.17, 15) is 0 Å². The highest BCUT2D eigenvalue weighted by molar-refractivity contribution is 5.53. The van der Waals surface area contributed by atoms with Crippen LogP contribution in [0.3, 0.4) is 0 Å². The second kappa shape index (κ2) is 21.3. The molecule has 0 aliphatic rings.